The van der Waals surface area contributed by atoms with Gasteiger partial charge in [0.25, 0.3) is 0 Å². The van der Waals surface area contributed by atoms with Crippen LogP contribution in [-0.4, -0.2) is 42.4 Å². The van der Waals surface area contributed by atoms with Gasteiger partial charge in [0, 0.05) is 0 Å². The Hall–Kier alpha value is 0.639. The van der Waals surface area contributed by atoms with E-state index in [0.29, 0.717) is 0 Å². The second kappa shape index (κ2) is 6.63. The fourth-order valence-electron chi connectivity index (χ4n) is 1.63. The second-order valence-electron chi connectivity index (χ2n) is 9.36. The van der Waals surface area contributed by atoms with Crippen molar-refractivity contribution in [3.63, 3.8) is 0 Å². The third-order valence-corrected chi connectivity index (χ3v) is 11.6. The van der Waals surface area contributed by atoms with Crippen LogP contribution in [0.2, 0.25) is 0 Å². The van der Waals surface area contributed by atoms with Crippen molar-refractivity contribution in [1.29, 1.82) is 0 Å². The molecule has 0 spiro atoms. The summed E-state index contributed by atoms with van der Waals surface area (Å²) in [6.45, 7) is 24.0. The van der Waals surface area contributed by atoms with Gasteiger partial charge in [-0.05, 0) is 0 Å². The van der Waals surface area contributed by atoms with Crippen molar-refractivity contribution in [2.24, 2.45) is 0 Å². The Labute approximate surface area is 137 Å². The first-order chi connectivity index (χ1) is 8.83. The molecule has 5 heteroatoms. The van der Waals surface area contributed by atoms with Gasteiger partial charge in [-0.15, -0.1) is 0 Å². The van der Waals surface area contributed by atoms with Gasteiger partial charge in [-0.3, -0.25) is 0 Å². The Kier molecular flexibility index (Phi) is 6.84. The summed E-state index contributed by atoms with van der Waals surface area (Å²) in [6.07, 6.45) is 0. The van der Waals surface area contributed by atoms with Gasteiger partial charge in [-0.1, -0.05) is 0 Å². The summed E-state index contributed by atoms with van der Waals surface area (Å²) in [4.78, 5) is 0. The van der Waals surface area contributed by atoms with Gasteiger partial charge in [0.2, 0.25) is 0 Å². The standard InChI is InChI=1S/4C4H9O.Sn/c4*1-4(2,3)5;/h4*1-3H3;/q4*-1;+4. The monoisotopic (exact) mass is 412 g/mol. The van der Waals surface area contributed by atoms with Crippen LogP contribution in [0, 0.1) is 0 Å². The van der Waals surface area contributed by atoms with Crippen LogP contribution in [0.4, 0.5) is 0 Å². The van der Waals surface area contributed by atoms with Gasteiger partial charge in [0.05, 0.1) is 0 Å². The van der Waals surface area contributed by atoms with Crippen molar-refractivity contribution in [2.45, 2.75) is 105 Å². The maximum atomic E-state index is 6.30. The van der Waals surface area contributed by atoms with Crippen LogP contribution in [0.15, 0.2) is 0 Å². The van der Waals surface area contributed by atoms with E-state index in [1.54, 1.807) is 0 Å². The van der Waals surface area contributed by atoms with E-state index in [1.165, 1.54) is 0 Å². The molecule has 0 atom stereocenters. The van der Waals surface area contributed by atoms with Crippen LogP contribution in [0.3, 0.4) is 0 Å². The maximum absolute atomic E-state index is 6.30. The zero-order chi connectivity index (χ0) is 17.3. The van der Waals surface area contributed by atoms with Gasteiger partial charge in [-0.2, -0.15) is 0 Å². The van der Waals surface area contributed by atoms with Crippen molar-refractivity contribution in [3.8, 4) is 0 Å². The van der Waals surface area contributed by atoms with Gasteiger partial charge >= 0.3 is 138 Å². The summed E-state index contributed by atoms with van der Waals surface area (Å²) >= 11 is -4.25. The molecule has 0 radical (unpaired) electrons. The molecule has 0 N–H and O–H groups in total. The summed E-state index contributed by atoms with van der Waals surface area (Å²) in [5, 5.41) is 0. The molecular weight excluding hydrogens is 375 g/mol. The third-order valence-electron chi connectivity index (χ3n) is 1.72. The SMILES string of the molecule is CC(C)(C)[O][Sn]([O]C(C)(C)C)([O]C(C)(C)C)[O]C(C)(C)C. The predicted molar refractivity (Wildman–Crippen MR) is 89.1 cm³/mol. The first-order valence-corrected chi connectivity index (χ1v) is 12.3. The van der Waals surface area contributed by atoms with E-state index >= 15 is 0 Å². The van der Waals surface area contributed by atoms with Crippen LogP contribution < -0.4 is 0 Å². The first-order valence-electron chi connectivity index (χ1n) is 7.63. The molecule has 0 bridgehead atoms. The van der Waals surface area contributed by atoms with Crippen molar-refractivity contribution in [3.05, 3.63) is 0 Å². The molecular formula is C16H36O4Sn. The van der Waals surface area contributed by atoms with Crippen LogP contribution in [-0.2, 0) is 12.3 Å². The molecule has 4 nitrogen and oxygen atoms in total. The molecule has 0 aliphatic carbocycles. The van der Waals surface area contributed by atoms with Crippen LogP contribution in [0.1, 0.15) is 83.1 Å². The van der Waals surface area contributed by atoms with E-state index in [9.17, 15) is 0 Å². The number of hydrogen-bond acceptors (Lipinski definition) is 4. The minimum atomic E-state index is -4.25. The summed E-state index contributed by atoms with van der Waals surface area (Å²) in [5.74, 6) is 0. The molecule has 0 unspecified atom stereocenters. The van der Waals surface area contributed by atoms with E-state index in [0.717, 1.165) is 0 Å². The Morgan fingerprint density at radius 2 is 0.524 bits per heavy atom. The Balaban J connectivity index is 5.70. The molecule has 0 rings (SSSR count). The van der Waals surface area contributed by atoms with Gasteiger partial charge in [-0.25, -0.2) is 0 Å². The summed E-state index contributed by atoms with van der Waals surface area (Å²) in [5.41, 5.74) is -1.56. The molecule has 128 valence electrons. The van der Waals surface area contributed by atoms with Gasteiger partial charge in [0.1, 0.15) is 0 Å². The Bertz CT molecular complexity index is 257. The minimum absolute atomic E-state index is 0.391. The molecule has 0 amide bonds. The topological polar surface area (TPSA) is 36.9 Å². The molecule has 0 aliphatic rings. The average molecular weight is 411 g/mol. The Morgan fingerprint density at radius 1 is 0.381 bits per heavy atom. The summed E-state index contributed by atoms with van der Waals surface area (Å²) in [6, 6.07) is 0. The molecule has 21 heavy (non-hydrogen) atoms. The van der Waals surface area contributed by atoms with E-state index in [2.05, 4.69) is 0 Å². The molecule has 0 aromatic heterocycles. The average Bonchev–Trinajstić information content (AvgIpc) is 1.83. The zero-order valence-corrected chi connectivity index (χ0v) is 19.0. The molecule has 0 aliphatic heterocycles. The molecule has 0 saturated heterocycles. The van der Waals surface area contributed by atoms with E-state index in [1.807, 2.05) is 83.1 Å². The molecule has 0 fully saturated rings. The van der Waals surface area contributed by atoms with E-state index in [4.69, 9.17) is 12.3 Å². The van der Waals surface area contributed by atoms with Crippen molar-refractivity contribution < 1.29 is 12.3 Å². The van der Waals surface area contributed by atoms with Crippen molar-refractivity contribution in [2.75, 3.05) is 0 Å². The van der Waals surface area contributed by atoms with Crippen LogP contribution >= 0.6 is 0 Å². The molecule has 0 heterocycles. The van der Waals surface area contributed by atoms with Gasteiger partial charge < -0.3 is 0 Å². The van der Waals surface area contributed by atoms with Crippen LogP contribution in [0.25, 0.3) is 0 Å². The van der Waals surface area contributed by atoms with Gasteiger partial charge in [0.15, 0.2) is 0 Å². The number of hydrogen-bond donors (Lipinski definition) is 0. The summed E-state index contributed by atoms with van der Waals surface area (Å²) < 4.78 is 25.2. The fourth-order valence-corrected chi connectivity index (χ4v) is 10.9. The second-order valence-corrected chi connectivity index (χ2v) is 14.5. The van der Waals surface area contributed by atoms with E-state index < -0.39 is 42.4 Å². The van der Waals surface area contributed by atoms with E-state index in [-0.39, 0.29) is 0 Å². The molecule has 0 aromatic carbocycles. The zero-order valence-electron chi connectivity index (χ0n) is 16.1. The van der Waals surface area contributed by atoms with Crippen molar-refractivity contribution >= 4 is 20.0 Å². The summed E-state index contributed by atoms with van der Waals surface area (Å²) in [7, 11) is 0. The molecule has 0 saturated carbocycles. The Morgan fingerprint density at radius 3 is 0.619 bits per heavy atom. The predicted octanol–water partition coefficient (Wildman–Crippen LogP) is 4.68. The first kappa shape index (κ1) is 21.6. The van der Waals surface area contributed by atoms with Crippen LogP contribution in [0.5, 0.6) is 0 Å². The fraction of sp³-hybridized carbons (Fsp3) is 1.00. The molecule has 0 aromatic rings. The number of rotatable bonds is 4. The quantitative estimate of drug-likeness (QED) is 0.630. The van der Waals surface area contributed by atoms with Crippen molar-refractivity contribution in [1.82, 2.24) is 0 Å². The normalized spacial score (nSPS) is 15.4. The third kappa shape index (κ3) is 11.8.